The highest BCUT2D eigenvalue weighted by atomic mass is 127. The maximum absolute atomic E-state index is 5.55. The van der Waals surface area contributed by atoms with Crippen molar-refractivity contribution in [1.29, 1.82) is 0 Å². The lowest BCUT2D eigenvalue weighted by Crippen LogP contribution is -2.00. The van der Waals surface area contributed by atoms with E-state index >= 15 is 0 Å². The normalized spacial score (nSPS) is 10.6. The molecule has 0 aliphatic carbocycles. The summed E-state index contributed by atoms with van der Waals surface area (Å²) >= 11 is 2.26. The van der Waals surface area contributed by atoms with Crippen LogP contribution in [0.4, 0.5) is 0 Å². The number of aromatic nitrogens is 2. The van der Waals surface area contributed by atoms with Crippen LogP contribution in [0.3, 0.4) is 0 Å². The Bertz CT molecular complexity index is 470. The average molecular weight is 329 g/mol. The second kappa shape index (κ2) is 5.40. The summed E-state index contributed by atoms with van der Waals surface area (Å²) in [6.07, 6.45) is 1.61. The van der Waals surface area contributed by atoms with E-state index < -0.39 is 0 Å². The third-order valence-electron chi connectivity index (χ3n) is 2.13. The van der Waals surface area contributed by atoms with Gasteiger partial charge < -0.3 is 10.2 Å². The van der Waals surface area contributed by atoms with Gasteiger partial charge >= 0.3 is 0 Å². The molecular formula is C11H12IN3O. The van der Waals surface area contributed by atoms with Crippen LogP contribution in [0.1, 0.15) is 12.3 Å². The highest BCUT2D eigenvalue weighted by Crippen LogP contribution is 2.20. The second-order valence-corrected chi connectivity index (χ2v) is 4.65. The first-order valence-corrected chi connectivity index (χ1v) is 6.16. The van der Waals surface area contributed by atoms with Gasteiger partial charge in [-0.1, -0.05) is 6.07 Å². The summed E-state index contributed by atoms with van der Waals surface area (Å²) in [6, 6.07) is 7.97. The summed E-state index contributed by atoms with van der Waals surface area (Å²) in [4.78, 5) is 0. The molecule has 0 aliphatic heterocycles. The molecule has 0 bridgehead atoms. The van der Waals surface area contributed by atoms with Gasteiger partial charge in [-0.25, -0.2) is 0 Å². The van der Waals surface area contributed by atoms with Gasteiger partial charge in [-0.15, -0.1) is 10.2 Å². The lowest BCUT2D eigenvalue weighted by Gasteiger charge is -1.95. The molecule has 16 heavy (non-hydrogen) atoms. The first kappa shape index (κ1) is 11.5. The summed E-state index contributed by atoms with van der Waals surface area (Å²) in [5, 5.41) is 8.00. The lowest BCUT2D eigenvalue weighted by molar-refractivity contribution is 0.499. The van der Waals surface area contributed by atoms with Gasteiger partial charge in [-0.2, -0.15) is 0 Å². The zero-order valence-electron chi connectivity index (χ0n) is 8.69. The minimum atomic E-state index is 0.575. The number of benzene rings is 1. The average Bonchev–Trinajstić information content (AvgIpc) is 2.75. The molecule has 2 rings (SSSR count). The predicted molar refractivity (Wildman–Crippen MR) is 69.8 cm³/mol. The van der Waals surface area contributed by atoms with Crippen molar-refractivity contribution in [3.05, 3.63) is 33.7 Å². The minimum Gasteiger partial charge on any atom is -0.421 e. The van der Waals surface area contributed by atoms with Gasteiger partial charge in [0.25, 0.3) is 0 Å². The van der Waals surface area contributed by atoms with Gasteiger partial charge in [-0.3, -0.25) is 0 Å². The molecule has 0 unspecified atom stereocenters. The smallest absolute Gasteiger partial charge is 0.247 e. The Morgan fingerprint density at radius 3 is 2.94 bits per heavy atom. The van der Waals surface area contributed by atoms with Crippen molar-refractivity contribution < 1.29 is 4.42 Å². The molecule has 0 aliphatic rings. The van der Waals surface area contributed by atoms with Gasteiger partial charge in [0.15, 0.2) is 0 Å². The topological polar surface area (TPSA) is 64.9 Å². The quantitative estimate of drug-likeness (QED) is 0.874. The molecule has 0 fully saturated rings. The molecule has 1 aromatic heterocycles. The van der Waals surface area contributed by atoms with Gasteiger partial charge in [-0.05, 0) is 53.8 Å². The molecule has 1 aromatic carbocycles. The molecule has 0 atom stereocenters. The fourth-order valence-electron chi connectivity index (χ4n) is 1.35. The minimum absolute atomic E-state index is 0.575. The number of nitrogens with zero attached hydrogens (tertiary/aromatic N) is 2. The highest BCUT2D eigenvalue weighted by Gasteiger charge is 2.07. The molecule has 2 N–H and O–H groups in total. The third-order valence-corrected chi connectivity index (χ3v) is 2.80. The van der Waals surface area contributed by atoms with E-state index in [1.165, 1.54) is 0 Å². The van der Waals surface area contributed by atoms with E-state index in [0.717, 1.165) is 22.0 Å². The van der Waals surface area contributed by atoms with Crippen LogP contribution in [0.2, 0.25) is 0 Å². The molecule has 1 heterocycles. The predicted octanol–water partition coefficient (Wildman–Crippen LogP) is 2.23. The fraction of sp³-hybridized carbons (Fsp3) is 0.273. The number of aryl methyl sites for hydroxylation is 1. The standard InChI is InChI=1S/C11H12IN3O/c12-9-4-1-3-8(7-9)11-15-14-10(16-11)5-2-6-13/h1,3-4,7H,2,5-6,13H2. The molecule has 4 nitrogen and oxygen atoms in total. The van der Waals surface area contributed by atoms with Crippen LogP contribution in [0, 0.1) is 3.57 Å². The van der Waals surface area contributed by atoms with Crippen molar-refractivity contribution in [3.63, 3.8) is 0 Å². The summed E-state index contributed by atoms with van der Waals surface area (Å²) in [6.45, 7) is 0.640. The first-order valence-electron chi connectivity index (χ1n) is 5.08. The van der Waals surface area contributed by atoms with Crippen molar-refractivity contribution >= 4 is 22.6 Å². The first-order chi connectivity index (χ1) is 7.79. The Balaban J connectivity index is 2.18. The Hall–Kier alpha value is -0.950. The van der Waals surface area contributed by atoms with Crippen molar-refractivity contribution in [3.8, 4) is 11.5 Å². The second-order valence-electron chi connectivity index (χ2n) is 3.40. The largest absolute Gasteiger partial charge is 0.421 e. The van der Waals surface area contributed by atoms with E-state index in [1.54, 1.807) is 0 Å². The maximum Gasteiger partial charge on any atom is 0.247 e. The van der Waals surface area contributed by atoms with Crippen LogP contribution < -0.4 is 5.73 Å². The third kappa shape index (κ3) is 2.79. The van der Waals surface area contributed by atoms with Gasteiger partial charge in [0.2, 0.25) is 11.8 Å². The van der Waals surface area contributed by atoms with Crippen LogP contribution in [0.5, 0.6) is 0 Å². The number of hydrogen-bond acceptors (Lipinski definition) is 4. The Kier molecular flexibility index (Phi) is 3.89. The zero-order chi connectivity index (χ0) is 11.4. The van der Waals surface area contributed by atoms with E-state index in [1.807, 2.05) is 24.3 Å². The highest BCUT2D eigenvalue weighted by molar-refractivity contribution is 14.1. The van der Waals surface area contributed by atoms with Gasteiger partial charge in [0, 0.05) is 15.6 Å². The SMILES string of the molecule is NCCCc1nnc(-c2cccc(I)c2)o1. The van der Waals surface area contributed by atoms with Crippen LogP contribution in [-0.4, -0.2) is 16.7 Å². The Labute approximate surface area is 107 Å². The van der Waals surface area contributed by atoms with Crippen LogP contribution >= 0.6 is 22.6 Å². The van der Waals surface area contributed by atoms with Crippen LogP contribution in [-0.2, 0) is 6.42 Å². The summed E-state index contributed by atoms with van der Waals surface area (Å²) in [5.41, 5.74) is 6.38. The maximum atomic E-state index is 5.55. The van der Waals surface area contributed by atoms with Crippen molar-refractivity contribution in [2.45, 2.75) is 12.8 Å². The lowest BCUT2D eigenvalue weighted by atomic mass is 10.2. The molecular weight excluding hydrogens is 317 g/mol. The van der Waals surface area contributed by atoms with Crippen molar-refractivity contribution in [2.24, 2.45) is 5.73 Å². The number of rotatable bonds is 4. The summed E-state index contributed by atoms with van der Waals surface area (Å²) in [7, 11) is 0. The number of nitrogens with two attached hydrogens (primary N) is 1. The Morgan fingerprint density at radius 1 is 1.31 bits per heavy atom. The fourth-order valence-corrected chi connectivity index (χ4v) is 1.89. The van der Waals surface area contributed by atoms with Crippen LogP contribution in [0.25, 0.3) is 11.5 Å². The zero-order valence-corrected chi connectivity index (χ0v) is 10.8. The van der Waals surface area contributed by atoms with Crippen molar-refractivity contribution in [2.75, 3.05) is 6.54 Å². The Morgan fingerprint density at radius 2 is 2.19 bits per heavy atom. The molecule has 0 saturated heterocycles. The summed E-state index contributed by atoms with van der Waals surface area (Å²) in [5.74, 6) is 1.23. The van der Waals surface area contributed by atoms with E-state index in [0.29, 0.717) is 18.3 Å². The molecule has 0 saturated carbocycles. The number of halogens is 1. The monoisotopic (exact) mass is 329 g/mol. The van der Waals surface area contributed by atoms with Crippen molar-refractivity contribution in [1.82, 2.24) is 10.2 Å². The van der Waals surface area contributed by atoms with E-state index in [9.17, 15) is 0 Å². The van der Waals surface area contributed by atoms with E-state index in [-0.39, 0.29) is 0 Å². The summed E-state index contributed by atoms with van der Waals surface area (Å²) < 4.78 is 6.70. The van der Waals surface area contributed by atoms with Gasteiger partial charge in [0.05, 0.1) is 0 Å². The molecule has 0 spiro atoms. The molecule has 0 radical (unpaired) electrons. The van der Waals surface area contributed by atoms with Gasteiger partial charge in [0.1, 0.15) is 0 Å². The molecule has 0 amide bonds. The van der Waals surface area contributed by atoms with E-state index in [4.69, 9.17) is 10.2 Å². The molecule has 84 valence electrons. The number of hydrogen-bond donors (Lipinski definition) is 1. The van der Waals surface area contributed by atoms with E-state index in [2.05, 4.69) is 32.8 Å². The molecule has 2 aromatic rings. The molecule has 5 heteroatoms. The van der Waals surface area contributed by atoms with Crippen LogP contribution in [0.15, 0.2) is 28.7 Å².